The van der Waals surface area contributed by atoms with Gasteiger partial charge in [-0.25, -0.2) is 13.2 Å². The molecule has 1 aromatic carbocycles. The van der Waals surface area contributed by atoms with Gasteiger partial charge in [-0.3, -0.25) is 4.79 Å². The van der Waals surface area contributed by atoms with Gasteiger partial charge in [0.25, 0.3) is 0 Å². The number of ether oxygens (including phenoxy) is 1. The Morgan fingerprint density at radius 2 is 1.96 bits per heavy atom. The van der Waals surface area contributed by atoms with Crippen LogP contribution in [0.1, 0.15) is 19.4 Å². The average molecular weight is 477 g/mol. The normalized spacial score (nSPS) is 21.7. The Kier molecular flexibility index (Phi) is 5.53. The van der Waals surface area contributed by atoms with E-state index in [2.05, 4.69) is 31.9 Å². The Balaban J connectivity index is 2.11. The Bertz CT molecular complexity index is 662. The van der Waals surface area contributed by atoms with Crippen molar-refractivity contribution in [2.75, 3.05) is 0 Å². The van der Waals surface area contributed by atoms with Crippen molar-refractivity contribution in [3.8, 4) is 0 Å². The number of hydrogen-bond donors (Lipinski definition) is 0. The molecular formula is C15H12Br2ClF3O2. The van der Waals surface area contributed by atoms with Crippen molar-refractivity contribution >= 4 is 49.4 Å². The van der Waals surface area contributed by atoms with Gasteiger partial charge in [0, 0.05) is 11.6 Å². The maximum absolute atomic E-state index is 13.7. The summed E-state index contributed by atoms with van der Waals surface area (Å²) in [6, 6.07) is 0.349. The van der Waals surface area contributed by atoms with Crippen LogP contribution in [0.25, 0.3) is 0 Å². The predicted octanol–water partition coefficient (Wildman–Crippen LogP) is 5.70. The second-order valence-electron chi connectivity index (χ2n) is 5.84. The first-order chi connectivity index (χ1) is 10.6. The fourth-order valence-electron chi connectivity index (χ4n) is 2.56. The van der Waals surface area contributed by atoms with Gasteiger partial charge in [0.05, 0.1) is 14.3 Å². The minimum Gasteiger partial charge on any atom is -0.460 e. The van der Waals surface area contributed by atoms with E-state index in [1.807, 2.05) is 19.9 Å². The van der Waals surface area contributed by atoms with Gasteiger partial charge in [-0.15, -0.1) is 0 Å². The van der Waals surface area contributed by atoms with E-state index in [0.717, 1.165) is 0 Å². The fourth-order valence-corrected chi connectivity index (χ4v) is 3.32. The van der Waals surface area contributed by atoms with E-state index in [4.69, 9.17) is 16.3 Å². The highest BCUT2D eigenvalue weighted by molar-refractivity contribution is 9.28. The van der Waals surface area contributed by atoms with E-state index in [9.17, 15) is 18.0 Å². The number of hydrogen-bond acceptors (Lipinski definition) is 2. The molecule has 2 nitrogen and oxygen atoms in total. The zero-order chi connectivity index (χ0) is 17.5. The summed E-state index contributed by atoms with van der Waals surface area (Å²) in [6.07, 6.45) is 1.82. The number of carbonyl (C=O) groups excluding carboxylic acids is 1. The number of benzene rings is 1. The molecule has 2 rings (SSSR count). The molecule has 1 aliphatic carbocycles. The lowest BCUT2D eigenvalue weighted by Gasteiger charge is -2.09. The minimum absolute atomic E-state index is 0.0617. The van der Waals surface area contributed by atoms with Crippen LogP contribution in [-0.4, -0.2) is 5.97 Å². The molecule has 1 aliphatic rings. The predicted molar refractivity (Wildman–Crippen MR) is 87.8 cm³/mol. The van der Waals surface area contributed by atoms with E-state index in [0.29, 0.717) is 9.46 Å². The lowest BCUT2D eigenvalue weighted by atomic mass is 10.1. The number of halogens is 6. The molecule has 0 radical (unpaired) electrons. The van der Waals surface area contributed by atoms with Crippen molar-refractivity contribution in [2.24, 2.45) is 17.3 Å². The van der Waals surface area contributed by atoms with E-state index < -0.39 is 46.5 Å². The van der Waals surface area contributed by atoms with E-state index in [1.165, 1.54) is 0 Å². The molecule has 126 valence electrons. The molecule has 0 unspecified atom stereocenters. The van der Waals surface area contributed by atoms with Gasteiger partial charge in [-0.2, -0.15) is 0 Å². The molecule has 23 heavy (non-hydrogen) atoms. The second kappa shape index (κ2) is 6.76. The lowest BCUT2D eigenvalue weighted by Crippen LogP contribution is -2.12. The van der Waals surface area contributed by atoms with Crippen molar-refractivity contribution < 1.29 is 22.7 Å². The van der Waals surface area contributed by atoms with E-state index in [1.54, 1.807) is 0 Å². The number of rotatable bonds is 4. The Hall–Kier alpha value is -0.530. The molecule has 0 N–H and O–H groups in total. The summed E-state index contributed by atoms with van der Waals surface area (Å²) in [5, 5.41) is -0.591. The number of esters is 1. The Morgan fingerprint density at radius 1 is 1.35 bits per heavy atom. The van der Waals surface area contributed by atoms with Crippen LogP contribution in [-0.2, 0) is 16.1 Å². The van der Waals surface area contributed by atoms with Crippen LogP contribution < -0.4 is 0 Å². The highest BCUT2D eigenvalue weighted by Gasteiger charge is 2.61. The third-order valence-electron chi connectivity index (χ3n) is 4.03. The standard InChI is InChI=1S/C15H12Br2ClF3O2/c1-15(2)7(3-10(16)17)11(15)14(22)23-5-6-12(18)8(19)4-9(20)13(6)21/h3-4,7,11H,5H2,1-2H3/t7-,11-/m0/s1. The third kappa shape index (κ3) is 3.77. The third-order valence-corrected chi connectivity index (χ3v) is 4.97. The zero-order valence-electron chi connectivity index (χ0n) is 12.1. The molecule has 0 saturated heterocycles. The van der Waals surface area contributed by atoms with Crippen molar-refractivity contribution in [3.63, 3.8) is 0 Å². The Labute approximate surface area is 153 Å². The summed E-state index contributed by atoms with van der Waals surface area (Å²) in [7, 11) is 0. The minimum atomic E-state index is -1.38. The number of allylic oxidation sites excluding steroid dienone is 1. The van der Waals surface area contributed by atoms with E-state index >= 15 is 0 Å². The van der Waals surface area contributed by atoms with Crippen molar-refractivity contribution in [2.45, 2.75) is 20.5 Å². The average Bonchev–Trinajstić information content (AvgIpc) is 2.96. The van der Waals surface area contributed by atoms with Gasteiger partial charge < -0.3 is 4.74 Å². The first kappa shape index (κ1) is 18.8. The molecule has 0 amide bonds. The maximum Gasteiger partial charge on any atom is 0.310 e. The molecule has 8 heteroatoms. The largest absolute Gasteiger partial charge is 0.460 e. The summed E-state index contributed by atoms with van der Waals surface area (Å²) < 4.78 is 46.0. The zero-order valence-corrected chi connectivity index (χ0v) is 16.0. The van der Waals surface area contributed by atoms with Crippen LogP contribution in [0.4, 0.5) is 13.2 Å². The summed E-state index contributed by atoms with van der Waals surface area (Å²) in [5.41, 5.74) is -0.830. The van der Waals surface area contributed by atoms with Gasteiger partial charge in [0.1, 0.15) is 12.4 Å². The molecule has 1 saturated carbocycles. The summed E-state index contributed by atoms with van der Waals surface area (Å²) in [4.78, 5) is 12.1. The molecule has 0 bridgehead atoms. The highest BCUT2D eigenvalue weighted by Crippen LogP contribution is 2.60. The molecule has 0 heterocycles. The van der Waals surface area contributed by atoms with Crippen LogP contribution in [0.2, 0.25) is 5.02 Å². The van der Waals surface area contributed by atoms with Crippen molar-refractivity contribution in [1.29, 1.82) is 0 Å². The van der Waals surface area contributed by atoms with Gasteiger partial charge in [-0.05, 0) is 43.2 Å². The first-order valence-electron chi connectivity index (χ1n) is 6.58. The van der Waals surface area contributed by atoms with Crippen molar-refractivity contribution in [1.82, 2.24) is 0 Å². The highest BCUT2D eigenvalue weighted by atomic mass is 79.9. The van der Waals surface area contributed by atoms with E-state index in [-0.39, 0.29) is 11.3 Å². The Morgan fingerprint density at radius 3 is 2.52 bits per heavy atom. The van der Waals surface area contributed by atoms with Gasteiger partial charge in [0.15, 0.2) is 11.6 Å². The van der Waals surface area contributed by atoms with Crippen molar-refractivity contribution in [3.05, 3.63) is 43.6 Å². The molecule has 1 aromatic rings. The topological polar surface area (TPSA) is 26.3 Å². The molecule has 0 aliphatic heterocycles. The quantitative estimate of drug-likeness (QED) is 0.412. The molecule has 0 aromatic heterocycles. The second-order valence-corrected chi connectivity index (χ2v) is 8.99. The van der Waals surface area contributed by atoms with Gasteiger partial charge in [-0.1, -0.05) is 31.5 Å². The van der Waals surface area contributed by atoms with Gasteiger partial charge >= 0.3 is 5.97 Å². The molecule has 1 fully saturated rings. The molecule has 0 spiro atoms. The smallest absolute Gasteiger partial charge is 0.310 e. The summed E-state index contributed by atoms with van der Waals surface area (Å²) >= 11 is 12.1. The van der Waals surface area contributed by atoms with Crippen LogP contribution in [0.15, 0.2) is 15.5 Å². The van der Waals surface area contributed by atoms with Crippen LogP contribution >= 0.6 is 43.5 Å². The fraction of sp³-hybridized carbons (Fsp3) is 0.400. The van der Waals surface area contributed by atoms with Crippen LogP contribution in [0.5, 0.6) is 0 Å². The molecule has 2 atom stereocenters. The van der Waals surface area contributed by atoms with Gasteiger partial charge in [0.2, 0.25) is 0 Å². The summed E-state index contributed by atoms with van der Waals surface area (Å²) in [5.74, 6) is -4.86. The summed E-state index contributed by atoms with van der Waals surface area (Å²) in [6.45, 7) is 3.15. The van der Waals surface area contributed by atoms with Crippen LogP contribution in [0.3, 0.4) is 0 Å². The van der Waals surface area contributed by atoms with Crippen LogP contribution in [0, 0.1) is 34.7 Å². The first-order valence-corrected chi connectivity index (χ1v) is 8.55. The monoisotopic (exact) mass is 474 g/mol. The maximum atomic E-state index is 13.7. The lowest BCUT2D eigenvalue weighted by molar-refractivity contribution is -0.147. The SMILES string of the molecule is CC1(C)[C@H](C(=O)OCc2c(F)c(F)cc(F)c2Cl)[C@@H]1C=C(Br)Br. The number of carbonyl (C=O) groups is 1. The molecular weight excluding hydrogens is 464 g/mol.